The number of hydrogen-bond donors (Lipinski definition) is 3. The highest BCUT2D eigenvalue weighted by atomic mass is 16.5. The van der Waals surface area contributed by atoms with Gasteiger partial charge in [0.1, 0.15) is 17.1 Å². The molecule has 0 aliphatic carbocycles. The van der Waals surface area contributed by atoms with Crippen molar-refractivity contribution in [3.05, 3.63) is 23.7 Å². The van der Waals surface area contributed by atoms with Crippen LogP contribution in [0.5, 0.6) is 0 Å². The Balaban J connectivity index is 2.41. The lowest BCUT2D eigenvalue weighted by Gasteiger charge is -2.19. The Labute approximate surface area is 149 Å². The maximum Gasteiger partial charge on any atom is 0.305 e. The predicted molar refractivity (Wildman–Crippen MR) is 97.5 cm³/mol. The second-order valence-electron chi connectivity index (χ2n) is 6.19. The Morgan fingerprint density at radius 1 is 1.32 bits per heavy atom. The van der Waals surface area contributed by atoms with E-state index in [0.717, 1.165) is 38.1 Å². The summed E-state index contributed by atoms with van der Waals surface area (Å²) < 4.78 is 10.1. The van der Waals surface area contributed by atoms with E-state index in [2.05, 4.69) is 20.4 Å². The summed E-state index contributed by atoms with van der Waals surface area (Å²) in [5.74, 6) is 1.75. The van der Waals surface area contributed by atoms with Gasteiger partial charge in [-0.1, -0.05) is 6.42 Å². The van der Waals surface area contributed by atoms with Gasteiger partial charge in [-0.25, -0.2) is 4.99 Å². The van der Waals surface area contributed by atoms with Gasteiger partial charge in [0, 0.05) is 19.5 Å². The molecule has 1 atom stereocenters. The van der Waals surface area contributed by atoms with Gasteiger partial charge in [0.15, 0.2) is 5.96 Å². The maximum absolute atomic E-state index is 11.0. The molecule has 0 radical (unpaired) electrons. The molecule has 25 heavy (non-hydrogen) atoms. The molecule has 0 bridgehead atoms. The fourth-order valence-electron chi connectivity index (χ4n) is 2.26. The molecule has 7 nitrogen and oxygen atoms in total. The quantitative estimate of drug-likeness (QED) is 0.258. The highest BCUT2D eigenvalue weighted by Gasteiger charge is 2.26. The molecule has 0 amide bonds. The fourth-order valence-corrected chi connectivity index (χ4v) is 2.26. The first-order chi connectivity index (χ1) is 11.9. The summed E-state index contributed by atoms with van der Waals surface area (Å²) in [4.78, 5) is 15.5. The number of unbranched alkanes of at least 4 members (excludes halogenated alkanes) is 2. The number of carbonyl (C=O) groups is 1. The molecule has 3 N–H and O–H groups in total. The molecule has 1 rings (SSSR count). The Bertz CT molecular complexity index is 552. The molecule has 0 aliphatic heterocycles. The molecule has 0 aromatic carbocycles. The van der Waals surface area contributed by atoms with Crippen LogP contribution in [0.1, 0.15) is 51.1 Å². The highest BCUT2D eigenvalue weighted by molar-refractivity contribution is 5.79. The van der Waals surface area contributed by atoms with E-state index in [0.29, 0.717) is 18.1 Å². The second-order valence-corrected chi connectivity index (χ2v) is 6.19. The zero-order valence-corrected chi connectivity index (χ0v) is 15.7. The third kappa shape index (κ3) is 8.07. The molecular weight excluding hydrogens is 322 g/mol. The van der Waals surface area contributed by atoms with E-state index in [-0.39, 0.29) is 12.5 Å². The van der Waals surface area contributed by atoms with Gasteiger partial charge in [-0.05, 0) is 45.7 Å². The fraction of sp³-hybridized carbons (Fsp3) is 0.667. The third-order valence-corrected chi connectivity index (χ3v) is 3.74. The number of nitrogens with zero attached hydrogens (tertiary/aromatic N) is 1. The van der Waals surface area contributed by atoms with E-state index in [4.69, 9.17) is 4.42 Å². The van der Waals surface area contributed by atoms with Crippen molar-refractivity contribution < 1.29 is 19.1 Å². The Morgan fingerprint density at radius 2 is 2.08 bits per heavy atom. The average molecular weight is 353 g/mol. The Morgan fingerprint density at radius 3 is 2.68 bits per heavy atom. The smallest absolute Gasteiger partial charge is 0.305 e. The number of carbonyl (C=O) groups excluding carboxylic acids is 1. The monoisotopic (exact) mass is 353 g/mol. The standard InChI is InChI=1S/C18H31N3O4/c1-5-19-17(20-12-8-6-7-9-16(22)24-4)21-13-18(3,23)15-11-10-14(2)25-15/h10-11,23H,5-9,12-13H2,1-4H3,(H2,19,20,21). The highest BCUT2D eigenvalue weighted by Crippen LogP contribution is 2.22. The van der Waals surface area contributed by atoms with Crippen LogP contribution in [0.2, 0.25) is 0 Å². The van der Waals surface area contributed by atoms with E-state index in [9.17, 15) is 9.90 Å². The number of aryl methyl sites for hydroxylation is 1. The number of rotatable bonds is 10. The van der Waals surface area contributed by atoms with Crippen LogP contribution < -0.4 is 10.6 Å². The van der Waals surface area contributed by atoms with E-state index in [1.165, 1.54) is 7.11 Å². The van der Waals surface area contributed by atoms with Crippen LogP contribution >= 0.6 is 0 Å². The average Bonchev–Trinajstić information content (AvgIpc) is 3.02. The molecule has 0 spiro atoms. The summed E-state index contributed by atoms with van der Waals surface area (Å²) in [6, 6.07) is 3.60. The molecule has 1 aromatic heterocycles. The van der Waals surface area contributed by atoms with Crippen LogP contribution in [0.15, 0.2) is 21.5 Å². The van der Waals surface area contributed by atoms with Crippen LogP contribution in [0.25, 0.3) is 0 Å². The Hall–Kier alpha value is -2.02. The van der Waals surface area contributed by atoms with Crippen LogP contribution in [0, 0.1) is 6.92 Å². The lowest BCUT2D eigenvalue weighted by Crippen LogP contribution is -2.39. The zero-order valence-electron chi connectivity index (χ0n) is 15.7. The van der Waals surface area contributed by atoms with Gasteiger partial charge in [0.2, 0.25) is 0 Å². The number of furan rings is 1. The van der Waals surface area contributed by atoms with Crippen molar-refractivity contribution in [2.45, 2.75) is 52.1 Å². The van der Waals surface area contributed by atoms with Crippen LogP contribution in [-0.4, -0.2) is 43.8 Å². The number of guanidine groups is 1. The van der Waals surface area contributed by atoms with Crippen molar-refractivity contribution in [3.8, 4) is 0 Å². The zero-order chi connectivity index (χ0) is 18.7. The van der Waals surface area contributed by atoms with E-state index < -0.39 is 5.60 Å². The van der Waals surface area contributed by atoms with Crippen molar-refractivity contribution in [1.29, 1.82) is 0 Å². The molecule has 1 heterocycles. The lowest BCUT2D eigenvalue weighted by atomic mass is 10.0. The van der Waals surface area contributed by atoms with Gasteiger partial charge in [-0.2, -0.15) is 0 Å². The normalized spacial score (nSPS) is 14.0. The van der Waals surface area contributed by atoms with Crippen LogP contribution in [0.3, 0.4) is 0 Å². The van der Waals surface area contributed by atoms with Gasteiger partial charge >= 0.3 is 5.97 Å². The number of aliphatic hydroxyl groups is 1. The number of ether oxygens (including phenoxy) is 1. The van der Waals surface area contributed by atoms with Gasteiger partial charge in [0.05, 0.1) is 13.7 Å². The van der Waals surface area contributed by atoms with Crippen molar-refractivity contribution in [2.24, 2.45) is 4.99 Å². The molecule has 1 aromatic rings. The minimum Gasteiger partial charge on any atom is -0.469 e. The van der Waals surface area contributed by atoms with E-state index in [1.807, 2.05) is 19.9 Å². The van der Waals surface area contributed by atoms with Crippen molar-refractivity contribution >= 4 is 11.9 Å². The van der Waals surface area contributed by atoms with E-state index in [1.54, 1.807) is 13.0 Å². The molecule has 1 unspecified atom stereocenters. The largest absolute Gasteiger partial charge is 0.469 e. The van der Waals surface area contributed by atoms with Gasteiger partial charge < -0.3 is 24.9 Å². The topological polar surface area (TPSA) is 96.1 Å². The van der Waals surface area contributed by atoms with Crippen molar-refractivity contribution in [1.82, 2.24) is 10.6 Å². The second kappa shape index (κ2) is 10.8. The molecule has 0 aliphatic rings. The van der Waals surface area contributed by atoms with Gasteiger partial charge in [-0.15, -0.1) is 0 Å². The first-order valence-corrected chi connectivity index (χ1v) is 8.77. The van der Waals surface area contributed by atoms with Crippen LogP contribution in [-0.2, 0) is 15.1 Å². The summed E-state index contributed by atoms with van der Waals surface area (Å²) in [5, 5.41) is 16.9. The summed E-state index contributed by atoms with van der Waals surface area (Å²) in [6.07, 6.45) is 3.13. The summed E-state index contributed by atoms with van der Waals surface area (Å²) in [6.45, 7) is 7.18. The summed E-state index contributed by atoms with van der Waals surface area (Å²) in [7, 11) is 1.40. The van der Waals surface area contributed by atoms with Crippen LogP contribution in [0.4, 0.5) is 0 Å². The third-order valence-electron chi connectivity index (χ3n) is 3.74. The Kier molecular flexibility index (Phi) is 9.05. The molecule has 7 heteroatoms. The number of aliphatic imine (C=N–C) groups is 1. The predicted octanol–water partition coefficient (Wildman–Crippen LogP) is 2.08. The van der Waals surface area contributed by atoms with Crippen molar-refractivity contribution in [3.63, 3.8) is 0 Å². The minimum absolute atomic E-state index is 0.168. The summed E-state index contributed by atoms with van der Waals surface area (Å²) in [5.41, 5.74) is -1.16. The number of methoxy groups -OCH3 is 1. The molecule has 142 valence electrons. The molecular formula is C18H31N3O4. The number of hydrogen-bond acceptors (Lipinski definition) is 5. The molecule has 0 saturated heterocycles. The molecule has 0 saturated carbocycles. The lowest BCUT2D eigenvalue weighted by molar-refractivity contribution is -0.140. The number of nitrogens with one attached hydrogen (secondary N) is 2. The first kappa shape index (κ1) is 21.0. The summed E-state index contributed by atoms with van der Waals surface area (Å²) >= 11 is 0. The minimum atomic E-state index is -1.16. The molecule has 0 fully saturated rings. The van der Waals surface area contributed by atoms with Gasteiger partial charge in [0.25, 0.3) is 0 Å². The first-order valence-electron chi connectivity index (χ1n) is 8.77. The van der Waals surface area contributed by atoms with Crippen molar-refractivity contribution in [2.75, 3.05) is 26.7 Å². The SMILES string of the molecule is CCNC(=NCC(C)(O)c1ccc(C)o1)NCCCCCC(=O)OC. The van der Waals surface area contributed by atoms with Gasteiger partial charge in [-0.3, -0.25) is 4.79 Å². The maximum atomic E-state index is 11.0. The number of esters is 1. The van der Waals surface area contributed by atoms with E-state index >= 15 is 0 Å².